The number of aromatic hydroxyl groups is 1. The molecule has 0 saturated heterocycles. The average molecular weight is 697 g/mol. The van der Waals surface area contributed by atoms with Gasteiger partial charge in [-0.1, -0.05) is 27.3 Å². The molecular weight excluding hydrogens is 674 g/mol. The van der Waals surface area contributed by atoms with E-state index in [4.69, 9.17) is 14.2 Å². The van der Waals surface area contributed by atoms with Gasteiger partial charge in [-0.05, 0) is 60.5 Å². The lowest BCUT2D eigenvalue weighted by Gasteiger charge is -2.26. The van der Waals surface area contributed by atoms with Crippen molar-refractivity contribution >= 4 is 60.9 Å². The summed E-state index contributed by atoms with van der Waals surface area (Å²) >= 11 is 7.70. The van der Waals surface area contributed by atoms with E-state index in [2.05, 4.69) is 36.9 Å². The molecule has 0 saturated carbocycles. The maximum Gasteiger partial charge on any atom is 0.338 e. The fourth-order valence-electron chi connectivity index (χ4n) is 4.24. The van der Waals surface area contributed by atoms with E-state index >= 15 is 0 Å². The molecule has 40 heavy (non-hydrogen) atoms. The lowest BCUT2D eigenvalue weighted by molar-refractivity contribution is -0.385. The molecule has 1 aromatic heterocycles. The first kappa shape index (κ1) is 29.5. The van der Waals surface area contributed by atoms with Gasteiger partial charge >= 0.3 is 5.97 Å². The number of nitro benzene ring substituents is 1. The third-order valence-electron chi connectivity index (χ3n) is 5.97. The predicted molar refractivity (Wildman–Crippen MR) is 155 cm³/mol. The molecule has 0 unspecified atom stereocenters. The number of esters is 1. The highest BCUT2D eigenvalue weighted by molar-refractivity contribution is 9.10. The van der Waals surface area contributed by atoms with Gasteiger partial charge < -0.3 is 19.3 Å². The molecule has 0 fully saturated rings. The smallest absolute Gasteiger partial charge is 0.338 e. The Morgan fingerprint density at radius 3 is 2.55 bits per heavy atom. The maximum absolute atomic E-state index is 13.9. The van der Waals surface area contributed by atoms with Crippen LogP contribution >= 0.6 is 43.2 Å². The van der Waals surface area contributed by atoms with Crippen LogP contribution in [-0.2, 0) is 9.53 Å². The summed E-state index contributed by atoms with van der Waals surface area (Å²) in [5.41, 5.74) is 0.308. The van der Waals surface area contributed by atoms with E-state index in [1.165, 1.54) is 29.9 Å². The highest BCUT2D eigenvalue weighted by Crippen LogP contribution is 2.41. The standard InChI is InChI=1S/C26H23Br2N3O8S/c1-5-38-19-11-16(27)15(10-18(19)37-4)22-21(25(34)39-6-2)12(3)29-26-30(22)24(33)20(40-26)8-13-7-14(31(35)36)9-17(28)23(13)32/h7-11,22,32H,5-6H2,1-4H3/b20-8+/t22-/m0/s1. The quantitative estimate of drug-likeness (QED) is 0.208. The molecule has 0 radical (unpaired) electrons. The normalized spacial score (nSPS) is 14.9. The second-order valence-corrected chi connectivity index (χ2v) is 11.1. The molecule has 1 atom stereocenters. The molecule has 210 valence electrons. The number of fused-ring (bicyclic) bond motifs is 1. The number of non-ortho nitro benzene ring substituents is 1. The molecule has 2 heterocycles. The summed E-state index contributed by atoms with van der Waals surface area (Å²) in [7, 11) is 1.48. The highest BCUT2D eigenvalue weighted by atomic mass is 79.9. The number of carbonyl (C=O) groups excluding carboxylic acids is 1. The number of halogens is 2. The van der Waals surface area contributed by atoms with Crippen LogP contribution in [-0.4, -0.2) is 40.9 Å². The summed E-state index contributed by atoms with van der Waals surface area (Å²) < 4.78 is 18.7. The van der Waals surface area contributed by atoms with E-state index in [1.807, 2.05) is 6.92 Å². The van der Waals surface area contributed by atoms with Crippen LogP contribution in [0.2, 0.25) is 0 Å². The topological polar surface area (TPSA) is 142 Å². The highest BCUT2D eigenvalue weighted by Gasteiger charge is 2.35. The van der Waals surface area contributed by atoms with Crippen molar-refractivity contribution in [1.29, 1.82) is 0 Å². The Labute approximate surface area is 248 Å². The number of hydrogen-bond acceptors (Lipinski definition) is 10. The molecular formula is C26H23Br2N3O8S. The zero-order chi connectivity index (χ0) is 29.3. The largest absolute Gasteiger partial charge is 0.506 e. The van der Waals surface area contributed by atoms with Gasteiger partial charge in [0.15, 0.2) is 16.3 Å². The van der Waals surface area contributed by atoms with Crippen molar-refractivity contribution in [3.8, 4) is 17.2 Å². The number of phenols is 1. The van der Waals surface area contributed by atoms with Crippen molar-refractivity contribution < 1.29 is 29.0 Å². The Balaban J connectivity index is 2.03. The van der Waals surface area contributed by atoms with E-state index in [1.54, 1.807) is 26.0 Å². The van der Waals surface area contributed by atoms with Gasteiger partial charge in [0.1, 0.15) is 5.75 Å². The zero-order valence-electron chi connectivity index (χ0n) is 21.7. The minimum Gasteiger partial charge on any atom is -0.506 e. The van der Waals surface area contributed by atoms with E-state index in [-0.39, 0.29) is 43.0 Å². The number of methoxy groups -OCH3 is 1. The second kappa shape index (κ2) is 11.9. The van der Waals surface area contributed by atoms with Crippen molar-refractivity contribution in [2.45, 2.75) is 26.8 Å². The number of nitro groups is 1. The number of benzene rings is 2. The second-order valence-electron chi connectivity index (χ2n) is 8.38. The number of allylic oxidation sites excluding steroid dienone is 1. The van der Waals surface area contributed by atoms with E-state index in [0.717, 1.165) is 11.3 Å². The summed E-state index contributed by atoms with van der Waals surface area (Å²) in [4.78, 5) is 42.7. The van der Waals surface area contributed by atoms with Crippen LogP contribution in [0, 0.1) is 10.1 Å². The number of carbonyl (C=O) groups is 1. The number of rotatable bonds is 8. The maximum atomic E-state index is 13.9. The van der Waals surface area contributed by atoms with Gasteiger partial charge in [0.2, 0.25) is 0 Å². The zero-order valence-corrected chi connectivity index (χ0v) is 25.7. The monoisotopic (exact) mass is 695 g/mol. The van der Waals surface area contributed by atoms with Gasteiger partial charge in [0, 0.05) is 22.2 Å². The molecule has 4 rings (SSSR count). The number of hydrogen-bond donors (Lipinski definition) is 1. The molecule has 2 aromatic carbocycles. The van der Waals surface area contributed by atoms with Crippen molar-refractivity contribution in [2.24, 2.45) is 4.99 Å². The molecule has 1 aliphatic heterocycles. The average Bonchev–Trinajstić information content (AvgIpc) is 3.20. The number of phenolic OH excluding ortho intramolecular Hbond substituents is 1. The summed E-state index contributed by atoms with van der Waals surface area (Å²) in [6, 6.07) is 4.75. The van der Waals surface area contributed by atoms with E-state index < -0.39 is 22.5 Å². The number of ether oxygens (including phenoxy) is 3. The first-order valence-electron chi connectivity index (χ1n) is 11.9. The SMILES string of the molecule is CCOC(=O)C1=C(C)N=c2s/c(=C/c3cc([N+](=O)[O-])cc(Br)c3O)c(=O)n2[C@H]1c1cc(OC)c(OCC)cc1Br. The Bertz CT molecular complexity index is 1750. The van der Waals surface area contributed by atoms with Gasteiger partial charge in [-0.3, -0.25) is 19.5 Å². The van der Waals surface area contributed by atoms with Crippen molar-refractivity contribution in [1.82, 2.24) is 4.57 Å². The van der Waals surface area contributed by atoms with Crippen molar-refractivity contribution in [3.63, 3.8) is 0 Å². The summed E-state index contributed by atoms with van der Waals surface area (Å²) in [5.74, 6) is -0.0389. The van der Waals surface area contributed by atoms with Crippen LogP contribution in [0.4, 0.5) is 5.69 Å². The van der Waals surface area contributed by atoms with Crippen LogP contribution in [0.1, 0.15) is 37.9 Å². The molecule has 1 aliphatic rings. The molecule has 0 aliphatic carbocycles. The first-order valence-corrected chi connectivity index (χ1v) is 14.3. The molecule has 14 heteroatoms. The Morgan fingerprint density at radius 2 is 1.93 bits per heavy atom. The van der Waals surface area contributed by atoms with E-state index in [9.17, 15) is 24.8 Å². The summed E-state index contributed by atoms with van der Waals surface area (Å²) in [6.45, 7) is 5.67. The van der Waals surface area contributed by atoms with Gasteiger partial charge in [-0.2, -0.15) is 0 Å². The van der Waals surface area contributed by atoms with Gasteiger partial charge in [-0.25, -0.2) is 9.79 Å². The lowest BCUT2D eigenvalue weighted by Crippen LogP contribution is -2.40. The molecule has 0 spiro atoms. The van der Waals surface area contributed by atoms with Gasteiger partial charge in [-0.15, -0.1) is 0 Å². The molecule has 0 amide bonds. The van der Waals surface area contributed by atoms with Gasteiger partial charge in [0.05, 0.1) is 51.6 Å². The molecule has 11 nitrogen and oxygen atoms in total. The fourth-order valence-corrected chi connectivity index (χ4v) is 6.28. The minimum absolute atomic E-state index is 0.0631. The fraction of sp³-hybridized carbons (Fsp3) is 0.269. The Hall–Kier alpha value is -3.49. The van der Waals surface area contributed by atoms with Crippen LogP contribution in [0.25, 0.3) is 6.08 Å². The van der Waals surface area contributed by atoms with Crippen molar-refractivity contribution in [2.75, 3.05) is 20.3 Å². The third-order valence-corrected chi connectivity index (χ3v) is 8.24. The summed E-state index contributed by atoms with van der Waals surface area (Å²) in [5, 5.41) is 21.9. The van der Waals surface area contributed by atoms with Crippen LogP contribution < -0.4 is 24.4 Å². The van der Waals surface area contributed by atoms with Crippen LogP contribution in [0.5, 0.6) is 17.2 Å². The lowest BCUT2D eigenvalue weighted by atomic mass is 9.95. The minimum atomic E-state index is -0.957. The van der Waals surface area contributed by atoms with Crippen LogP contribution in [0.15, 0.2) is 54.3 Å². The number of thiazole rings is 1. The first-order chi connectivity index (χ1) is 19.0. The Morgan fingerprint density at radius 1 is 1.20 bits per heavy atom. The molecule has 3 aromatic rings. The predicted octanol–water partition coefficient (Wildman–Crippen LogP) is 4.34. The summed E-state index contributed by atoms with van der Waals surface area (Å²) in [6.07, 6.45) is 1.35. The van der Waals surface area contributed by atoms with Gasteiger partial charge in [0.25, 0.3) is 11.2 Å². The number of aromatic nitrogens is 1. The van der Waals surface area contributed by atoms with E-state index in [0.29, 0.717) is 33.8 Å². The molecule has 1 N–H and O–H groups in total. The van der Waals surface area contributed by atoms with Crippen molar-refractivity contribution in [3.05, 3.63) is 85.4 Å². The van der Waals surface area contributed by atoms with Crippen LogP contribution in [0.3, 0.4) is 0 Å². The third kappa shape index (κ3) is 5.43. The Kier molecular flexibility index (Phi) is 8.80. The number of nitrogens with zero attached hydrogens (tertiary/aromatic N) is 3. The molecule has 0 bridgehead atoms.